The molecule has 4 N–H and O–H groups in total. The van der Waals surface area contributed by atoms with Gasteiger partial charge >= 0.3 is 0 Å². The topological polar surface area (TPSA) is 122 Å². The normalized spacial score (nSPS) is 26.0. The van der Waals surface area contributed by atoms with Gasteiger partial charge in [0.2, 0.25) is 11.8 Å². The maximum atomic E-state index is 14.4. The first-order valence-corrected chi connectivity index (χ1v) is 8.32. The molecule has 0 aromatic heterocycles. The fourth-order valence-corrected chi connectivity index (χ4v) is 3.33. The third-order valence-corrected chi connectivity index (χ3v) is 4.77. The van der Waals surface area contributed by atoms with Gasteiger partial charge in [0.15, 0.2) is 0 Å². The maximum absolute atomic E-state index is 14.4. The Balaban J connectivity index is 1.68. The number of carbonyl (C=O) groups excluding carboxylic acids is 3. The Morgan fingerprint density at radius 1 is 1.35 bits per heavy atom. The predicted octanol–water partition coefficient (Wildman–Crippen LogP) is -0.000200. The minimum atomic E-state index is -0.970. The molecule has 8 nitrogen and oxygen atoms in total. The summed E-state index contributed by atoms with van der Waals surface area (Å²) in [6.45, 7) is 0.653. The Bertz CT molecular complexity index is 741. The molecule has 1 aliphatic heterocycles. The molecule has 0 bridgehead atoms. The zero-order valence-electron chi connectivity index (χ0n) is 14.0. The largest absolute Gasteiger partial charge is 0.392 e. The SMILES string of the molecule is NC(=O)[C@H]1C[C@@H](C(=O)Nc2ccc(N3CCOCC3=O)cc2F)C[C@@H]1O. The fourth-order valence-electron chi connectivity index (χ4n) is 3.33. The Morgan fingerprint density at radius 2 is 2.12 bits per heavy atom. The number of nitrogens with zero attached hydrogens (tertiary/aromatic N) is 1. The molecule has 26 heavy (non-hydrogen) atoms. The molecule has 3 rings (SSSR count). The minimum absolute atomic E-state index is 0.0310. The quantitative estimate of drug-likeness (QED) is 0.693. The number of primary amides is 1. The third-order valence-electron chi connectivity index (χ3n) is 4.77. The van der Waals surface area contributed by atoms with Crippen LogP contribution < -0.4 is 16.0 Å². The molecule has 0 radical (unpaired) electrons. The van der Waals surface area contributed by atoms with E-state index < -0.39 is 35.6 Å². The Hall–Kier alpha value is -2.52. The second-order valence-corrected chi connectivity index (χ2v) is 6.50. The van der Waals surface area contributed by atoms with E-state index in [9.17, 15) is 23.9 Å². The molecule has 140 valence electrons. The molecule has 2 aliphatic rings. The van der Waals surface area contributed by atoms with Crippen molar-refractivity contribution in [1.82, 2.24) is 0 Å². The van der Waals surface area contributed by atoms with Gasteiger partial charge in [-0.15, -0.1) is 0 Å². The lowest BCUT2D eigenvalue weighted by atomic mass is 10.0. The number of hydrogen-bond acceptors (Lipinski definition) is 5. The number of rotatable bonds is 4. The molecular weight excluding hydrogens is 345 g/mol. The van der Waals surface area contributed by atoms with Crippen molar-refractivity contribution in [3.63, 3.8) is 0 Å². The number of hydrogen-bond donors (Lipinski definition) is 3. The van der Waals surface area contributed by atoms with Crippen molar-refractivity contribution < 1.29 is 28.6 Å². The molecule has 1 saturated carbocycles. The van der Waals surface area contributed by atoms with Crippen LogP contribution in [0.2, 0.25) is 0 Å². The number of amides is 3. The van der Waals surface area contributed by atoms with E-state index in [0.717, 1.165) is 0 Å². The number of benzene rings is 1. The Kier molecular flexibility index (Phi) is 5.19. The molecule has 3 amide bonds. The zero-order chi connectivity index (χ0) is 18.8. The second kappa shape index (κ2) is 7.38. The van der Waals surface area contributed by atoms with Gasteiger partial charge in [0, 0.05) is 18.2 Å². The molecular formula is C17H20FN3O5. The molecule has 1 saturated heterocycles. The van der Waals surface area contributed by atoms with Gasteiger partial charge in [0.25, 0.3) is 5.91 Å². The lowest BCUT2D eigenvalue weighted by Gasteiger charge is -2.27. The number of aliphatic hydroxyl groups excluding tert-OH is 1. The first kappa shape index (κ1) is 18.3. The summed E-state index contributed by atoms with van der Waals surface area (Å²) in [5.41, 5.74) is 5.55. The van der Waals surface area contributed by atoms with Crippen molar-refractivity contribution in [3.8, 4) is 0 Å². The van der Waals surface area contributed by atoms with Crippen LogP contribution in [0, 0.1) is 17.7 Å². The number of ether oxygens (including phenoxy) is 1. The van der Waals surface area contributed by atoms with E-state index in [1.54, 1.807) is 0 Å². The van der Waals surface area contributed by atoms with Gasteiger partial charge in [0.05, 0.1) is 24.3 Å². The molecule has 1 heterocycles. The van der Waals surface area contributed by atoms with E-state index in [2.05, 4.69) is 5.32 Å². The number of halogens is 1. The van der Waals surface area contributed by atoms with Gasteiger partial charge in [-0.05, 0) is 31.0 Å². The smallest absolute Gasteiger partial charge is 0.253 e. The van der Waals surface area contributed by atoms with Crippen molar-refractivity contribution in [2.75, 3.05) is 30.0 Å². The number of nitrogens with two attached hydrogens (primary N) is 1. The standard InChI is InChI=1S/C17H20FN3O5/c18-12-7-10(21-3-4-26-8-15(21)23)1-2-13(12)20-17(25)9-5-11(16(19)24)14(22)6-9/h1-2,7,9,11,14,22H,3-6,8H2,(H2,19,24)(H,20,25)/t9-,11+,14+/m1/s1. The average Bonchev–Trinajstić information content (AvgIpc) is 2.99. The number of morpholine rings is 1. The summed E-state index contributed by atoms with van der Waals surface area (Å²) in [7, 11) is 0. The highest BCUT2D eigenvalue weighted by Crippen LogP contribution is 2.32. The van der Waals surface area contributed by atoms with E-state index >= 15 is 0 Å². The van der Waals surface area contributed by atoms with Gasteiger partial charge in [0.1, 0.15) is 12.4 Å². The first-order valence-electron chi connectivity index (χ1n) is 8.32. The monoisotopic (exact) mass is 365 g/mol. The van der Waals surface area contributed by atoms with E-state index in [1.165, 1.54) is 23.1 Å². The lowest BCUT2D eigenvalue weighted by molar-refractivity contribution is -0.126. The van der Waals surface area contributed by atoms with Crippen LogP contribution in [0.15, 0.2) is 18.2 Å². The molecule has 0 spiro atoms. The average molecular weight is 365 g/mol. The van der Waals surface area contributed by atoms with Crippen LogP contribution in [0.25, 0.3) is 0 Å². The summed E-state index contributed by atoms with van der Waals surface area (Å²) in [4.78, 5) is 36.8. The van der Waals surface area contributed by atoms with Crippen LogP contribution in [-0.4, -0.2) is 48.7 Å². The van der Waals surface area contributed by atoms with Crippen molar-refractivity contribution in [2.45, 2.75) is 18.9 Å². The summed E-state index contributed by atoms with van der Waals surface area (Å²) in [6.07, 6.45) is -0.742. The maximum Gasteiger partial charge on any atom is 0.253 e. The fraction of sp³-hybridized carbons (Fsp3) is 0.471. The molecule has 2 fully saturated rings. The van der Waals surface area contributed by atoms with Crippen LogP contribution in [0.1, 0.15) is 12.8 Å². The highest BCUT2D eigenvalue weighted by Gasteiger charge is 2.40. The Morgan fingerprint density at radius 3 is 2.73 bits per heavy atom. The van der Waals surface area contributed by atoms with Crippen LogP contribution in [0.4, 0.5) is 15.8 Å². The lowest BCUT2D eigenvalue weighted by Crippen LogP contribution is -2.41. The highest BCUT2D eigenvalue weighted by atomic mass is 19.1. The van der Waals surface area contributed by atoms with Gasteiger partial charge in [-0.25, -0.2) is 4.39 Å². The third kappa shape index (κ3) is 3.68. The van der Waals surface area contributed by atoms with E-state index in [0.29, 0.717) is 18.8 Å². The van der Waals surface area contributed by atoms with Crippen molar-refractivity contribution in [1.29, 1.82) is 0 Å². The molecule has 1 aromatic rings. The van der Waals surface area contributed by atoms with E-state index in [4.69, 9.17) is 10.5 Å². The Labute approximate surface area is 149 Å². The minimum Gasteiger partial charge on any atom is -0.392 e. The van der Waals surface area contributed by atoms with Crippen LogP contribution >= 0.6 is 0 Å². The first-order chi connectivity index (χ1) is 12.4. The summed E-state index contributed by atoms with van der Waals surface area (Å²) in [5, 5.41) is 12.3. The van der Waals surface area contributed by atoms with Crippen LogP contribution in [0.5, 0.6) is 0 Å². The molecule has 1 aliphatic carbocycles. The van der Waals surface area contributed by atoms with Crippen LogP contribution in [-0.2, 0) is 19.1 Å². The zero-order valence-corrected chi connectivity index (χ0v) is 14.0. The number of nitrogens with one attached hydrogen (secondary N) is 1. The van der Waals surface area contributed by atoms with Gasteiger partial charge in [-0.2, -0.15) is 0 Å². The molecule has 3 atom stereocenters. The van der Waals surface area contributed by atoms with Crippen LogP contribution in [0.3, 0.4) is 0 Å². The molecule has 9 heteroatoms. The van der Waals surface area contributed by atoms with Crippen molar-refractivity contribution in [2.24, 2.45) is 17.6 Å². The summed E-state index contributed by atoms with van der Waals surface area (Å²) >= 11 is 0. The van der Waals surface area contributed by atoms with Gasteiger partial charge in [-0.3, -0.25) is 14.4 Å². The molecule has 1 aromatic carbocycles. The number of aliphatic hydroxyl groups is 1. The van der Waals surface area contributed by atoms with E-state index in [1.807, 2.05) is 0 Å². The van der Waals surface area contributed by atoms with Crippen molar-refractivity contribution >= 4 is 29.1 Å². The second-order valence-electron chi connectivity index (χ2n) is 6.50. The summed E-state index contributed by atoms with van der Waals surface area (Å²) < 4.78 is 19.4. The summed E-state index contributed by atoms with van der Waals surface area (Å²) in [5.74, 6) is -3.47. The predicted molar refractivity (Wildman–Crippen MR) is 89.6 cm³/mol. The number of carbonyl (C=O) groups is 3. The van der Waals surface area contributed by atoms with Crippen molar-refractivity contribution in [3.05, 3.63) is 24.0 Å². The molecule has 0 unspecified atom stereocenters. The number of anilines is 2. The van der Waals surface area contributed by atoms with Gasteiger partial charge < -0.3 is 25.8 Å². The summed E-state index contributed by atoms with van der Waals surface area (Å²) in [6, 6.07) is 4.09. The highest BCUT2D eigenvalue weighted by molar-refractivity contribution is 5.96. The van der Waals surface area contributed by atoms with Gasteiger partial charge in [-0.1, -0.05) is 0 Å². The van der Waals surface area contributed by atoms with E-state index in [-0.39, 0.29) is 31.0 Å².